The number of amides is 2. The first-order chi connectivity index (χ1) is 17.3. The molecule has 0 radical (unpaired) electrons. The Kier molecular flexibility index (Phi) is 8.52. The van der Waals surface area contributed by atoms with Gasteiger partial charge in [0.15, 0.2) is 23.3 Å². The van der Waals surface area contributed by atoms with Crippen LogP contribution in [0.5, 0.6) is 0 Å². The quantitative estimate of drug-likeness (QED) is 0.186. The first-order valence-corrected chi connectivity index (χ1v) is 11.6. The van der Waals surface area contributed by atoms with E-state index in [-0.39, 0.29) is 12.3 Å². The molecule has 0 aliphatic carbocycles. The summed E-state index contributed by atoms with van der Waals surface area (Å²) in [6.45, 7) is 3.41. The molecule has 0 aliphatic heterocycles. The lowest BCUT2D eigenvalue weighted by Crippen LogP contribution is -2.27. The standard InChI is InChI=1S/C25H19F7N2O2S/c1-3-16(24(36)34-22-20(28)18(26)17(25(30,31)32)19(27)21(22)29)37-15-6-4-5-14(11-15)33-23(35)13-9-7-12(2)8-10-13/h4-11,16H,3H2,1-2H3,(H,33,35)(H,34,36). The molecule has 0 fully saturated rings. The maximum atomic E-state index is 14.2. The van der Waals surface area contributed by atoms with Gasteiger partial charge in [0.1, 0.15) is 11.3 Å². The summed E-state index contributed by atoms with van der Waals surface area (Å²) < 4.78 is 94.5. The van der Waals surface area contributed by atoms with Gasteiger partial charge in [0.25, 0.3) is 5.91 Å². The Balaban J connectivity index is 1.78. The largest absolute Gasteiger partial charge is 0.422 e. The fraction of sp³-hybridized carbons (Fsp3) is 0.200. The molecule has 0 saturated carbocycles. The Morgan fingerprint density at radius 1 is 0.892 bits per heavy atom. The van der Waals surface area contributed by atoms with E-state index in [1.54, 1.807) is 54.7 Å². The van der Waals surface area contributed by atoms with Crippen LogP contribution in [0.15, 0.2) is 53.4 Å². The van der Waals surface area contributed by atoms with E-state index in [1.807, 2.05) is 6.92 Å². The van der Waals surface area contributed by atoms with Gasteiger partial charge in [-0.05, 0) is 43.7 Å². The summed E-state index contributed by atoms with van der Waals surface area (Å²) in [5, 5.41) is 3.29. The molecule has 2 N–H and O–H groups in total. The minimum atomic E-state index is -5.69. The zero-order valence-electron chi connectivity index (χ0n) is 19.3. The Morgan fingerprint density at radius 3 is 2.03 bits per heavy atom. The van der Waals surface area contributed by atoms with E-state index < -0.39 is 51.9 Å². The smallest absolute Gasteiger partial charge is 0.322 e. The summed E-state index contributed by atoms with van der Waals surface area (Å²) >= 11 is 0.907. The van der Waals surface area contributed by atoms with Crippen molar-refractivity contribution in [3.63, 3.8) is 0 Å². The topological polar surface area (TPSA) is 58.2 Å². The van der Waals surface area contributed by atoms with Gasteiger partial charge in [-0.2, -0.15) is 13.2 Å². The lowest BCUT2D eigenvalue weighted by atomic mass is 10.1. The zero-order valence-corrected chi connectivity index (χ0v) is 20.1. The van der Waals surface area contributed by atoms with E-state index in [0.29, 0.717) is 16.1 Å². The highest BCUT2D eigenvalue weighted by atomic mass is 32.2. The molecule has 0 saturated heterocycles. The van der Waals surface area contributed by atoms with Crippen molar-refractivity contribution in [1.29, 1.82) is 0 Å². The number of benzene rings is 3. The van der Waals surface area contributed by atoms with Crippen LogP contribution in [-0.4, -0.2) is 17.1 Å². The van der Waals surface area contributed by atoms with E-state index in [0.717, 1.165) is 17.3 Å². The van der Waals surface area contributed by atoms with Crippen molar-refractivity contribution in [2.24, 2.45) is 0 Å². The molecule has 0 spiro atoms. The van der Waals surface area contributed by atoms with Gasteiger partial charge in [0, 0.05) is 16.1 Å². The molecule has 37 heavy (non-hydrogen) atoms. The first-order valence-electron chi connectivity index (χ1n) is 10.7. The molecule has 1 unspecified atom stereocenters. The van der Waals surface area contributed by atoms with Crippen LogP contribution in [0.4, 0.5) is 42.1 Å². The van der Waals surface area contributed by atoms with Gasteiger partial charge in [-0.1, -0.05) is 30.7 Å². The summed E-state index contributed by atoms with van der Waals surface area (Å²) in [5.74, 6) is -11.6. The molecule has 196 valence electrons. The van der Waals surface area contributed by atoms with Crippen LogP contribution >= 0.6 is 11.8 Å². The molecule has 4 nitrogen and oxygen atoms in total. The number of hydrogen-bond acceptors (Lipinski definition) is 3. The van der Waals surface area contributed by atoms with Crippen molar-refractivity contribution < 1.29 is 40.3 Å². The molecule has 12 heteroatoms. The van der Waals surface area contributed by atoms with Crippen LogP contribution in [0.1, 0.15) is 34.8 Å². The van der Waals surface area contributed by atoms with Crippen molar-refractivity contribution in [1.82, 2.24) is 0 Å². The van der Waals surface area contributed by atoms with E-state index in [1.165, 1.54) is 6.07 Å². The number of alkyl halides is 3. The summed E-state index contributed by atoms with van der Waals surface area (Å²) in [7, 11) is 0. The Hall–Kier alpha value is -3.54. The molecule has 0 aromatic heterocycles. The van der Waals surface area contributed by atoms with E-state index in [2.05, 4.69) is 5.32 Å². The van der Waals surface area contributed by atoms with E-state index >= 15 is 0 Å². The van der Waals surface area contributed by atoms with Crippen LogP contribution in [0, 0.1) is 30.2 Å². The lowest BCUT2D eigenvalue weighted by molar-refractivity contribution is -0.143. The highest BCUT2D eigenvalue weighted by Gasteiger charge is 2.42. The number of nitrogens with one attached hydrogen (secondary N) is 2. The van der Waals surface area contributed by atoms with Gasteiger partial charge < -0.3 is 10.6 Å². The Bertz CT molecular complexity index is 1300. The SMILES string of the molecule is CCC(Sc1cccc(NC(=O)c2ccc(C)cc2)c1)C(=O)Nc1c(F)c(F)c(C(F)(F)F)c(F)c1F. The third-order valence-corrected chi connectivity index (χ3v) is 6.50. The highest BCUT2D eigenvalue weighted by Crippen LogP contribution is 2.39. The third-order valence-electron chi connectivity index (χ3n) is 5.14. The van der Waals surface area contributed by atoms with Crippen LogP contribution in [0.25, 0.3) is 0 Å². The zero-order chi connectivity index (χ0) is 27.5. The van der Waals surface area contributed by atoms with Crippen LogP contribution in [0.2, 0.25) is 0 Å². The number of aryl methyl sites for hydroxylation is 1. The number of halogens is 7. The average molecular weight is 544 g/mol. The number of rotatable bonds is 7. The maximum Gasteiger partial charge on any atom is 0.422 e. The van der Waals surface area contributed by atoms with Crippen molar-refractivity contribution in [3.05, 3.63) is 88.5 Å². The number of carbonyl (C=O) groups is 2. The van der Waals surface area contributed by atoms with Crippen molar-refractivity contribution in [2.75, 3.05) is 10.6 Å². The van der Waals surface area contributed by atoms with E-state index in [4.69, 9.17) is 0 Å². The molecule has 1 atom stereocenters. The molecule has 3 aromatic carbocycles. The lowest BCUT2D eigenvalue weighted by Gasteiger charge is -2.18. The van der Waals surface area contributed by atoms with Crippen LogP contribution in [0.3, 0.4) is 0 Å². The maximum absolute atomic E-state index is 14.2. The molecular formula is C25H19F7N2O2S. The van der Waals surface area contributed by atoms with Gasteiger partial charge in [0.2, 0.25) is 5.91 Å². The summed E-state index contributed by atoms with van der Waals surface area (Å²) in [4.78, 5) is 25.5. The van der Waals surface area contributed by atoms with Crippen molar-refractivity contribution in [3.8, 4) is 0 Å². The summed E-state index contributed by atoms with van der Waals surface area (Å²) in [6.07, 6.45) is -5.62. The number of thioether (sulfide) groups is 1. The number of hydrogen-bond donors (Lipinski definition) is 2. The molecular weight excluding hydrogens is 525 g/mol. The second-order valence-corrected chi connectivity index (χ2v) is 9.13. The van der Waals surface area contributed by atoms with E-state index in [9.17, 15) is 40.3 Å². The summed E-state index contributed by atoms with van der Waals surface area (Å²) in [6, 6.07) is 13.1. The Morgan fingerprint density at radius 2 is 1.49 bits per heavy atom. The minimum Gasteiger partial charge on any atom is -0.322 e. The summed E-state index contributed by atoms with van der Waals surface area (Å²) in [5.41, 5.74) is -2.62. The predicted octanol–water partition coefficient (Wildman–Crippen LogP) is 7.33. The van der Waals surface area contributed by atoms with Crippen LogP contribution in [-0.2, 0) is 11.0 Å². The number of anilines is 2. The van der Waals surface area contributed by atoms with Crippen molar-refractivity contribution in [2.45, 2.75) is 36.6 Å². The number of carbonyl (C=O) groups excluding carboxylic acids is 2. The van der Waals surface area contributed by atoms with Gasteiger partial charge in [-0.3, -0.25) is 9.59 Å². The molecule has 0 heterocycles. The monoisotopic (exact) mass is 544 g/mol. The second-order valence-electron chi connectivity index (χ2n) is 7.86. The average Bonchev–Trinajstić information content (AvgIpc) is 2.83. The van der Waals surface area contributed by atoms with Gasteiger partial charge in [-0.25, -0.2) is 17.6 Å². The third kappa shape index (κ3) is 6.43. The normalized spacial score (nSPS) is 12.2. The first kappa shape index (κ1) is 28.0. The van der Waals surface area contributed by atoms with Crippen LogP contribution < -0.4 is 10.6 Å². The fourth-order valence-electron chi connectivity index (χ4n) is 3.24. The van der Waals surface area contributed by atoms with Crippen molar-refractivity contribution >= 4 is 35.0 Å². The van der Waals surface area contributed by atoms with Gasteiger partial charge >= 0.3 is 6.18 Å². The second kappa shape index (κ2) is 11.2. The Labute approximate surface area is 211 Å². The van der Waals surface area contributed by atoms with Gasteiger partial charge in [0.05, 0.1) is 5.25 Å². The fourth-order valence-corrected chi connectivity index (χ4v) is 4.25. The molecule has 3 aromatic rings. The minimum absolute atomic E-state index is 0.0747. The molecule has 0 aliphatic rings. The molecule has 0 bridgehead atoms. The van der Waals surface area contributed by atoms with Gasteiger partial charge in [-0.15, -0.1) is 11.8 Å². The predicted molar refractivity (Wildman–Crippen MR) is 125 cm³/mol. The molecule has 3 rings (SSSR count). The molecule has 2 amide bonds. The highest BCUT2D eigenvalue weighted by molar-refractivity contribution is 8.00.